The van der Waals surface area contributed by atoms with Crippen molar-refractivity contribution in [2.24, 2.45) is 0 Å². The van der Waals surface area contributed by atoms with Crippen LogP contribution in [0.25, 0.3) is 0 Å². The summed E-state index contributed by atoms with van der Waals surface area (Å²) in [5.41, 5.74) is 0. The summed E-state index contributed by atoms with van der Waals surface area (Å²) in [6, 6.07) is 0. The Hall–Kier alpha value is 2.63. The van der Waals surface area contributed by atoms with Crippen molar-refractivity contribution in [3.05, 3.63) is 0 Å². The number of halogens is 1. The molecule has 0 fully saturated rings. The van der Waals surface area contributed by atoms with Gasteiger partial charge in [0.25, 0.3) is 0 Å². The van der Waals surface area contributed by atoms with Gasteiger partial charge >= 0.3 is 207 Å². The quantitative estimate of drug-likeness (QED) is 0.194. The Balaban J connectivity index is 6.44. The summed E-state index contributed by atoms with van der Waals surface area (Å²) in [4.78, 5) is 0. The molecule has 0 saturated carbocycles. The summed E-state index contributed by atoms with van der Waals surface area (Å²) >= 11 is 1.93. The van der Waals surface area contributed by atoms with Gasteiger partial charge in [-0.15, -0.1) is 0 Å². The average Bonchev–Trinajstić information content (AvgIpc) is 2.27. The predicted molar refractivity (Wildman–Crippen MR) is 144 cm³/mol. The molecule has 0 heterocycles. The number of rotatable bonds is 4. The molecule has 0 bridgehead atoms. The van der Waals surface area contributed by atoms with Crippen LogP contribution in [-0.4, -0.2) is 53.5 Å². The van der Waals surface area contributed by atoms with Gasteiger partial charge in [-0.1, -0.05) is 0 Å². The van der Waals surface area contributed by atoms with Crippen molar-refractivity contribution < 1.29 is 16.7 Å². The minimum atomic E-state index is -1.15. The fourth-order valence-electron chi connectivity index (χ4n) is 6.76. The van der Waals surface area contributed by atoms with Gasteiger partial charge in [0.05, 0.1) is 0 Å². The van der Waals surface area contributed by atoms with E-state index in [4.69, 9.17) is 0 Å². The molecule has 0 unspecified atom stereocenters. The minimum absolute atomic E-state index is 0.273. The molecule has 0 aromatic heterocycles. The second kappa shape index (κ2) is 9.35. The molecule has 0 nitrogen and oxygen atoms in total. The second-order valence-electron chi connectivity index (χ2n) is 14.4. The van der Waals surface area contributed by atoms with Crippen molar-refractivity contribution >= 4 is 34.4 Å². The van der Waals surface area contributed by atoms with Crippen molar-refractivity contribution in [3.63, 3.8) is 0 Å². The molecular formula is C24H54IP2Se2+. The first kappa shape index (κ1) is 31.6. The van der Waals surface area contributed by atoms with E-state index >= 15 is 0 Å². The van der Waals surface area contributed by atoms with Crippen LogP contribution in [0.2, 0.25) is 0 Å². The van der Waals surface area contributed by atoms with Gasteiger partial charge in [0.15, 0.2) is 0 Å². The van der Waals surface area contributed by atoms with E-state index in [1.165, 1.54) is 0 Å². The van der Waals surface area contributed by atoms with E-state index in [0.717, 1.165) is 22.5 Å². The molecule has 0 atom stereocenters. The van der Waals surface area contributed by atoms with Crippen LogP contribution >= 0.6 is 11.9 Å². The molecule has 0 aliphatic heterocycles. The van der Waals surface area contributed by atoms with Crippen molar-refractivity contribution in [2.75, 3.05) is 0 Å². The SMILES string of the molecule is CC(C)(C)[P+]([Se][I-][Se][P+](C(C)(C)C)(C(C)(C)C)C(C)(C)C)(C(C)(C)C)C(C)(C)C. The maximum absolute atomic E-state index is 2.58. The van der Waals surface area contributed by atoms with Gasteiger partial charge < -0.3 is 0 Å². The number of hydrogen-bond acceptors (Lipinski definition) is 0. The molecule has 0 N–H and O–H groups in total. The second-order valence-corrected chi connectivity index (χ2v) is 57.5. The Labute approximate surface area is 205 Å². The molecule has 0 spiro atoms. The molecule has 0 aromatic carbocycles. The van der Waals surface area contributed by atoms with Gasteiger partial charge in [-0.05, 0) is 0 Å². The van der Waals surface area contributed by atoms with Crippen molar-refractivity contribution in [3.8, 4) is 0 Å². The first-order chi connectivity index (χ1) is 12.2. The Bertz CT molecular complexity index is 422. The third-order valence-electron chi connectivity index (χ3n) is 5.93. The third-order valence-corrected chi connectivity index (χ3v) is 90.0. The molecule has 5 heteroatoms. The van der Waals surface area contributed by atoms with E-state index in [-0.39, 0.29) is 16.7 Å². The topological polar surface area (TPSA) is 0 Å². The van der Waals surface area contributed by atoms with Crippen LogP contribution in [0.5, 0.6) is 0 Å². The van der Waals surface area contributed by atoms with Crippen LogP contribution in [0.15, 0.2) is 0 Å². The molecular weight excluding hydrogens is 635 g/mol. The van der Waals surface area contributed by atoms with E-state index in [1.54, 1.807) is 0 Å². The van der Waals surface area contributed by atoms with Crippen LogP contribution in [-0.2, 0) is 0 Å². The molecule has 0 saturated heterocycles. The fraction of sp³-hybridized carbons (Fsp3) is 1.00. The molecule has 0 amide bonds. The van der Waals surface area contributed by atoms with Crippen LogP contribution in [0.4, 0.5) is 0 Å². The Kier molecular flexibility index (Phi) is 10.2. The van der Waals surface area contributed by atoms with Gasteiger partial charge in [0.2, 0.25) is 0 Å². The first-order valence-electron chi connectivity index (χ1n) is 11.0. The molecule has 29 heavy (non-hydrogen) atoms. The summed E-state index contributed by atoms with van der Waals surface area (Å²) in [6.45, 7) is 46.4. The molecule has 178 valence electrons. The van der Waals surface area contributed by atoms with Crippen LogP contribution in [0.3, 0.4) is 0 Å². The van der Waals surface area contributed by atoms with Gasteiger partial charge in [0, 0.05) is 0 Å². The number of hydrogen-bond donors (Lipinski definition) is 0. The van der Waals surface area contributed by atoms with Gasteiger partial charge in [-0.3, -0.25) is 0 Å². The average molecular weight is 689 g/mol. The van der Waals surface area contributed by atoms with Crippen LogP contribution in [0, 0.1) is 0 Å². The normalized spacial score (nSPS) is 16.5. The van der Waals surface area contributed by atoms with Crippen LogP contribution < -0.4 is 16.7 Å². The molecule has 0 radical (unpaired) electrons. The van der Waals surface area contributed by atoms with E-state index in [1.807, 2.05) is 0 Å². The summed E-state index contributed by atoms with van der Waals surface area (Å²) < 4.78 is 0. The summed E-state index contributed by atoms with van der Waals surface area (Å²) in [5.74, 6) is -2.29. The zero-order valence-corrected chi connectivity index (χ0v) is 30.5. The molecule has 0 aliphatic carbocycles. The maximum atomic E-state index is 2.58. The van der Waals surface area contributed by atoms with Gasteiger partial charge in [0.1, 0.15) is 0 Å². The van der Waals surface area contributed by atoms with Crippen LogP contribution in [0.1, 0.15) is 125 Å². The van der Waals surface area contributed by atoms with E-state index in [9.17, 15) is 0 Å². The Morgan fingerprint density at radius 2 is 0.483 bits per heavy atom. The summed E-state index contributed by atoms with van der Waals surface area (Å²) in [5, 5.41) is 2.62. The predicted octanol–water partition coefficient (Wildman–Crippen LogP) is 5.97. The standard InChI is InChI=1S/C24H54IP2Se2/c1-19(2,3)26(20(4,5)6,21(7,8)9)28-25-29-27(22(10,11)12,23(13,14)15)24(16,17)18/h1-18H3/q+1. The molecule has 0 aromatic rings. The van der Waals surface area contributed by atoms with E-state index < -0.39 is 11.9 Å². The van der Waals surface area contributed by atoms with Gasteiger partial charge in [-0.2, -0.15) is 0 Å². The van der Waals surface area contributed by atoms with Gasteiger partial charge in [-0.25, -0.2) is 0 Å². The zero-order chi connectivity index (χ0) is 24.1. The molecule has 0 rings (SSSR count). The Morgan fingerprint density at radius 1 is 0.345 bits per heavy atom. The van der Waals surface area contributed by atoms with Crippen molar-refractivity contribution in [1.82, 2.24) is 0 Å². The Morgan fingerprint density at radius 3 is 0.586 bits per heavy atom. The van der Waals surface area contributed by atoms with Crippen molar-refractivity contribution in [1.29, 1.82) is 0 Å². The molecule has 0 aliphatic rings. The van der Waals surface area contributed by atoms with E-state index in [2.05, 4.69) is 125 Å². The fourth-order valence-corrected chi connectivity index (χ4v) is 150. The summed E-state index contributed by atoms with van der Waals surface area (Å²) in [7, 11) is 0. The van der Waals surface area contributed by atoms with Crippen molar-refractivity contribution in [2.45, 2.75) is 156 Å². The first-order valence-corrected chi connectivity index (χ1v) is 29.5. The zero-order valence-electron chi connectivity index (χ0n) is 23.1. The monoisotopic (exact) mass is 691 g/mol. The summed E-state index contributed by atoms with van der Waals surface area (Å²) in [6.07, 6.45) is 0. The third kappa shape index (κ3) is 6.01. The van der Waals surface area contributed by atoms with E-state index in [0.29, 0.717) is 30.9 Å².